The van der Waals surface area contributed by atoms with E-state index >= 15 is 0 Å². The number of benzene rings is 2. The van der Waals surface area contributed by atoms with E-state index in [1.165, 1.54) is 29.3 Å². The molecule has 1 aliphatic rings. The van der Waals surface area contributed by atoms with E-state index in [4.69, 9.17) is 0 Å². The summed E-state index contributed by atoms with van der Waals surface area (Å²) in [7, 11) is -3.58. The molecule has 0 unspecified atom stereocenters. The fraction of sp³-hybridized carbons (Fsp3) is 0.318. The molecule has 1 aliphatic heterocycles. The second-order valence-electron chi connectivity index (χ2n) is 7.22. The van der Waals surface area contributed by atoms with Crippen LogP contribution in [0.3, 0.4) is 0 Å². The maximum absolute atomic E-state index is 12.8. The average molecular weight is 414 g/mol. The van der Waals surface area contributed by atoms with Crippen LogP contribution in [-0.4, -0.2) is 56.8 Å². The Hall–Kier alpha value is -2.48. The van der Waals surface area contributed by atoms with Gasteiger partial charge in [0.25, 0.3) is 5.91 Å². The van der Waals surface area contributed by atoms with Crippen LogP contribution in [0.5, 0.6) is 0 Å². The first-order valence-corrected chi connectivity index (χ1v) is 11.1. The molecule has 0 spiro atoms. The minimum absolute atomic E-state index is 0.0665. The summed E-state index contributed by atoms with van der Waals surface area (Å²) in [6, 6.07) is 14.6. The van der Waals surface area contributed by atoms with Crippen molar-refractivity contribution in [3.8, 4) is 0 Å². The monoisotopic (exact) mass is 413 g/mol. The van der Waals surface area contributed by atoms with E-state index in [2.05, 4.69) is 47.4 Å². The lowest BCUT2D eigenvalue weighted by molar-refractivity contribution is 0.0628. The zero-order chi connectivity index (χ0) is 20.9. The molecule has 0 bridgehead atoms. The molecule has 0 saturated carbocycles. The molecule has 0 atom stereocenters. The van der Waals surface area contributed by atoms with Crippen LogP contribution >= 0.6 is 0 Å². The molecule has 0 aromatic heterocycles. The third-order valence-electron chi connectivity index (χ3n) is 4.98. The second-order valence-corrected chi connectivity index (χ2v) is 8.99. The average Bonchev–Trinajstić information content (AvgIpc) is 2.72. The van der Waals surface area contributed by atoms with Crippen molar-refractivity contribution in [2.24, 2.45) is 0 Å². The smallest absolute Gasteiger partial charge is 0.253 e. The Morgan fingerprint density at radius 1 is 1.10 bits per heavy atom. The van der Waals surface area contributed by atoms with Crippen molar-refractivity contribution in [1.29, 1.82) is 0 Å². The molecule has 1 heterocycles. The number of carbonyl (C=O) groups excluding carboxylic acids is 1. The highest BCUT2D eigenvalue weighted by molar-refractivity contribution is 7.89. The number of amides is 1. The molecule has 29 heavy (non-hydrogen) atoms. The third-order valence-corrected chi connectivity index (χ3v) is 6.42. The van der Waals surface area contributed by atoms with Gasteiger partial charge in [0.05, 0.1) is 4.90 Å². The first kappa shape index (κ1) is 21.2. The molecular weight excluding hydrogens is 386 g/mol. The van der Waals surface area contributed by atoms with Crippen molar-refractivity contribution in [3.05, 3.63) is 77.9 Å². The molecule has 1 N–H and O–H groups in total. The Morgan fingerprint density at radius 3 is 2.41 bits per heavy atom. The number of piperazine rings is 1. The summed E-state index contributed by atoms with van der Waals surface area (Å²) in [5.41, 5.74) is 3.04. The van der Waals surface area contributed by atoms with Crippen molar-refractivity contribution >= 4 is 15.9 Å². The van der Waals surface area contributed by atoms with Crippen LogP contribution in [-0.2, 0) is 16.6 Å². The van der Waals surface area contributed by atoms with Crippen LogP contribution in [0.25, 0.3) is 0 Å². The summed E-state index contributed by atoms with van der Waals surface area (Å²) >= 11 is 0. The summed E-state index contributed by atoms with van der Waals surface area (Å²) < 4.78 is 26.7. The molecule has 1 amide bonds. The largest absolute Gasteiger partial charge is 0.336 e. The highest BCUT2D eigenvalue weighted by Gasteiger charge is 2.23. The molecule has 2 aromatic rings. The third kappa shape index (κ3) is 5.53. The minimum atomic E-state index is -3.58. The zero-order valence-electron chi connectivity index (χ0n) is 16.7. The Morgan fingerprint density at radius 2 is 1.79 bits per heavy atom. The van der Waals surface area contributed by atoms with E-state index in [9.17, 15) is 13.2 Å². The van der Waals surface area contributed by atoms with Gasteiger partial charge in [-0.3, -0.25) is 9.69 Å². The van der Waals surface area contributed by atoms with Crippen LogP contribution < -0.4 is 4.72 Å². The molecule has 1 fully saturated rings. The summed E-state index contributed by atoms with van der Waals surface area (Å²) in [6.45, 7) is 9.58. The fourth-order valence-corrected chi connectivity index (χ4v) is 4.39. The van der Waals surface area contributed by atoms with E-state index in [1.807, 2.05) is 4.90 Å². The Labute approximate surface area is 172 Å². The summed E-state index contributed by atoms with van der Waals surface area (Å²) in [5.74, 6) is -0.0665. The topological polar surface area (TPSA) is 69.7 Å². The SMILES string of the molecule is C=CCNS(=O)(=O)c1ccc(C(=O)N2CCN(Cc3cccc(C)c3)CC2)cc1. The number of sulfonamides is 1. The van der Waals surface area contributed by atoms with Crippen molar-refractivity contribution in [1.82, 2.24) is 14.5 Å². The highest BCUT2D eigenvalue weighted by atomic mass is 32.2. The normalized spacial score (nSPS) is 15.3. The van der Waals surface area contributed by atoms with Gasteiger partial charge in [-0.05, 0) is 36.8 Å². The number of hydrogen-bond acceptors (Lipinski definition) is 4. The van der Waals surface area contributed by atoms with Gasteiger partial charge in [-0.25, -0.2) is 13.1 Å². The van der Waals surface area contributed by atoms with Crippen LogP contribution in [0.2, 0.25) is 0 Å². The molecule has 0 aliphatic carbocycles. The molecule has 0 radical (unpaired) electrons. The van der Waals surface area contributed by atoms with Gasteiger partial charge in [0.15, 0.2) is 0 Å². The van der Waals surface area contributed by atoms with Gasteiger partial charge in [0, 0.05) is 44.8 Å². The molecule has 1 saturated heterocycles. The maximum Gasteiger partial charge on any atom is 0.253 e. The molecular formula is C22H27N3O3S. The quantitative estimate of drug-likeness (QED) is 0.708. The lowest BCUT2D eigenvalue weighted by atomic mass is 10.1. The van der Waals surface area contributed by atoms with Crippen molar-refractivity contribution in [2.75, 3.05) is 32.7 Å². The van der Waals surface area contributed by atoms with E-state index in [-0.39, 0.29) is 17.3 Å². The van der Waals surface area contributed by atoms with Crippen molar-refractivity contribution < 1.29 is 13.2 Å². The molecule has 154 valence electrons. The van der Waals surface area contributed by atoms with E-state index < -0.39 is 10.0 Å². The summed E-state index contributed by atoms with van der Waals surface area (Å²) in [4.78, 5) is 17.1. The van der Waals surface area contributed by atoms with Crippen molar-refractivity contribution in [3.63, 3.8) is 0 Å². The minimum Gasteiger partial charge on any atom is -0.336 e. The van der Waals surface area contributed by atoms with E-state index in [0.29, 0.717) is 18.7 Å². The molecule has 2 aromatic carbocycles. The second kappa shape index (κ2) is 9.35. The predicted octanol–water partition coefficient (Wildman–Crippen LogP) is 2.42. The molecule has 6 nitrogen and oxygen atoms in total. The summed E-state index contributed by atoms with van der Waals surface area (Å²) in [5, 5.41) is 0. The molecule has 7 heteroatoms. The van der Waals surface area contributed by atoms with E-state index in [0.717, 1.165) is 19.6 Å². The number of rotatable bonds is 7. The maximum atomic E-state index is 12.8. The number of nitrogens with zero attached hydrogens (tertiary/aromatic N) is 2. The van der Waals surface area contributed by atoms with Gasteiger partial charge in [0.2, 0.25) is 10.0 Å². The first-order chi connectivity index (χ1) is 13.9. The van der Waals surface area contributed by atoms with E-state index in [1.54, 1.807) is 12.1 Å². The number of nitrogens with one attached hydrogen (secondary N) is 1. The Balaban J connectivity index is 1.57. The van der Waals surface area contributed by atoms with Gasteiger partial charge >= 0.3 is 0 Å². The van der Waals surface area contributed by atoms with Crippen LogP contribution in [0.15, 0.2) is 66.1 Å². The lowest BCUT2D eigenvalue weighted by Gasteiger charge is -2.34. The van der Waals surface area contributed by atoms with Crippen LogP contribution in [0.1, 0.15) is 21.5 Å². The predicted molar refractivity (Wildman–Crippen MR) is 114 cm³/mol. The lowest BCUT2D eigenvalue weighted by Crippen LogP contribution is -2.48. The van der Waals surface area contributed by atoms with Gasteiger partial charge in [-0.1, -0.05) is 35.9 Å². The molecule has 3 rings (SSSR count). The zero-order valence-corrected chi connectivity index (χ0v) is 17.5. The van der Waals surface area contributed by atoms with Crippen molar-refractivity contribution in [2.45, 2.75) is 18.4 Å². The Bertz CT molecular complexity index is 963. The van der Waals surface area contributed by atoms with Crippen LogP contribution in [0, 0.1) is 6.92 Å². The van der Waals surface area contributed by atoms with Gasteiger partial charge in [-0.15, -0.1) is 6.58 Å². The first-order valence-electron chi connectivity index (χ1n) is 9.67. The number of hydrogen-bond donors (Lipinski definition) is 1. The van der Waals surface area contributed by atoms with Crippen LogP contribution in [0.4, 0.5) is 0 Å². The highest BCUT2D eigenvalue weighted by Crippen LogP contribution is 2.15. The van der Waals surface area contributed by atoms with Gasteiger partial charge in [0.1, 0.15) is 0 Å². The number of carbonyl (C=O) groups is 1. The number of aryl methyl sites for hydroxylation is 1. The Kier molecular flexibility index (Phi) is 6.84. The van der Waals surface area contributed by atoms with Gasteiger partial charge < -0.3 is 4.90 Å². The fourth-order valence-electron chi connectivity index (χ4n) is 3.39. The summed E-state index contributed by atoms with van der Waals surface area (Å²) in [6.07, 6.45) is 1.48. The standard InChI is InChI=1S/C22H27N3O3S/c1-3-11-23-29(27,28)21-9-7-20(8-10-21)22(26)25-14-12-24(13-15-25)17-19-6-4-5-18(2)16-19/h3-10,16,23H,1,11-15,17H2,2H3. The van der Waals surface area contributed by atoms with Gasteiger partial charge in [-0.2, -0.15) is 0 Å².